The molecule has 0 aromatic rings. The number of hydrogen-bond donors (Lipinski definition) is 3. The lowest BCUT2D eigenvalue weighted by Gasteiger charge is -2.21. The standard InChI is InChI=1S/C74H144O17P2/c1-7-9-11-13-15-16-17-18-23-28-34-40-46-52-58-73(78)90-69(62-84-71(76)56-50-44-36-14-12-10-8-2)64-88-92(80,81)86-60-68(75)61-87-93(82,83)89-65-70(63-85-72(77)57-51-45-39-33-30-25-27-32-38-43-49-55-67(5)6)91-74(79)59-53-47-41-35-29-24-21-19-20-22-26-31-37-42-48-54-66(3)4/h66-70,75H,7-65H2,1-6H3,(H,80,81)(H,82,83)/t68-,69+,70+/m0/s1. The monoisotopic (exact) mass is 1370 g/mol. The van der Waals surface area contributed by atoms with Crippen LogP contribution < -0.4 is 0 Å². The van der Waals surface area contributed by atoms with Crippen molar-refractivity contribution in [2.75, 3.05) is 39.6 Å². The molecule has 0 aromatic carbocycles. The number of carbonyl (C=O) groups excluding carboxylic acids is 4. The molecule has 0 aliphatic heterocycles. The second kappa shape index (κ2) is 66.0. The van der Waals surface area contributed by atoms with Crippen molar-refractivity contribution in [2.45, 2.75) is 400 Å². The van der Waals surface area contributed by atoms with Crippen LogP contribution in [0.25, 0.3) is 0 Å². The fourth-order valence-electron chi connectivity index (χ4n) is 11.3. The van der Waals surface area contributed by atoms with Gasteiger partial charge in [0.1, 0.15) is 19.3 Å². The number of unbranched alkanes of at least 4 members (excludes halogenated alkanes) is 43. The van der Waals surface area contributed by atoms with Crippen LogP contribution in [-0.2, 0) is 65.4 Å². The van der Waals surface area contributed by atoms with Crippen molar-refractivity contribution in [3.05, 3.63) is 0 Å². The van der Waals surface area contributed by atoms with E-state index in [1.807, 2.05) is 0 Å². The van der Waals surface area contributed by atoms with Gasteiger partial charge in [-0.25, -0.2) is 9.13 Å². The number of aliphatic hydroxyl groups excluding tert-OH is 1. The van der Waals surface area contributed by atoms with E-state index in [0.717, 1.165) is 115 Å². The summed E-state index contributed by atoms with van der Waals surface area (Å²) < 4.78 is 68.4. The molecule has 2 unspecified atom stereocenters. The molecule has 0 aliphatic carbocycles. The molecular formula is C74H144O17P2. The molecule has 0 spiro atoms. The molecule has 93 heavy (non-hydrogen) atoms. The van der Waals surface area contributed by atoms with Crippen LogP contribution in [0.3, 0.4) is 0 Å². The highest BCUT2D eigenvalue weighted by atomic mass is 31.2. The fourth-order valence-corrected chi connectivity index (χ4v) is 12.9. The first-order valence-corrected chi connectivity index (χ1v) is 41.5. The molecule has 0 aliphatic rings. The molecule has 19 heteroatoms. The SMILES string of the molecule is CCCCCCCCCCCCCCCCC(=O)O[C@H](COC(=O)CCCCCCCCC)COP(=O)(O)OC[C@H](O)COP(=O)(O)OC[C@@H](COC(=O)CCCCCCCCCCCCCC(C)C)OC(=O)CCCCCCCCCCCCCCCCCC(C)C. The topological polar surface area (TPSA) is 237 Å². The van der Waals surface area contributed by atoms with E-state index in [4.69, 9.17) is 37.0 Å². The summed E-state index contributed by atoms with van der Waals surface area (Å²) in [6.07, 6.45) is 52.8. The molecule has 3 N–H and O–H groups in total. The molecule has 0 saturated heterocycles. The fraction of sp³-hybridized carbons (Fsp3) is 0.946. The molecular weight excluding hydrogens is 1220 g/mol. The maximum atomic E-state index is 13.1. The molecule has 0 rings (SSSR count). The van der Waals surface area contributed by atoms with Crippen molar-refractivity contribution in [2.24, 2.45) is 11.8 Å². The minimum atomic E-state index is -4.95. The Bertz CT molecular complexity index is 1800. The zero-order valence-electron chi connectivity index (χ0n) is 60.6. The number of hydrogen-bond acceptors (Lipinski definition) is 15. The van der Waals surface area contributed by atoms with E-state index in [0.29, 0.717) is 25.7 Å². The summed E-state index contributed by atoms with van der Waals surface area (Å²) in [5.41, 5.74) is 0. The van der Waals surface area contributed by atoms with Crippen LogP contribution in [0.2, 0.25) is 0 Å². The zero-order valence-corrected chi connectivity index (χ0v) is 62.3. The molecule has 552 valence electrons. The molecule has 0 radical (unpaired) electrons. The molecule has 0 saturated carbocycles. The Morgan fingerprint density at radius 1 is 0.290 bits per heavy atom. The van der Waals surface area contributed by atoms with Gasteiger partial charge in [-0.1, -0.05) is 330 Å². The van der Waals surface area contributed by atoms with Crippen molar-refractivity contribution in [1.82, 2.24) is 0 Å². The molecule has 0 amide bonds. The normalized spacial score (nSPS) is 14.1. The highest BCUT2D eigenvalue weighted by molar-refractivity contribution is 7.47. The third kappa shape index (κ3) is 68.4. The van der Waals surface area contributed by atoms with Gasteiger partial charge >= 0.3 is 39.5 Å². The average Bonchev–Trinajstić information content (AvgIpc) is 2.62. The summed E-state index contributed by atoms with van der Waals surface area (Å²) in [6.45, 7) is 9.58. The Balaban J connectivity index is 5.20. The predicted molar refractivity (Wildman–Crippen MR) is 377 cm³/mol. The van der Waals surface area contributed by atoms with E-state index in [9.17, 15) is 43.2 Å². The van der Waals surface area contributed by atoms with Gasteiger partial charge in [0.15, 0.2) is 12.2 Å². The average molecular weight is 1370 g/mol. The van der Waals surface area contributed by atoms with Gasteiger partial charge < -0.3 is 33.8 Å². The van der Waals surface area contributed by atoms with Crippen molar-refractivity contribution in [3.8, 4) is 0 Å². The number of phosphoric acid groups is 2. The maximum Gasteiger partial charge on any atom is 0.472 e. The lowest BCUT2D eigenvalue weighted by molar-refractivity contribution is -0.161. The Morgan fingerprint density at radius 3 is 0.731 bits per heavy atom. The van der Waals surface area contributed by atoms with Crippen LogP contribution in [0.5, 0.6) is 0 Å². The van der Waals surface area contributed by atoms with Crippen molar-refractivity contribution < 1.29 is 80.2 Å². The minimum Gasteiger partial charge on any atom is -0.462 e. The summed E-state index contributed by atoms with van der Waals surface area (Å²) >= 11 is 0. The Morgan fingerprint density at radius 2 is 0.495 bits per heavy atom. The van der Waals surface area contributed by atoms with Crippen LogP contribution in [0, 0.1) is 11.8 Å². The molecule has 5 atom stereocenters. The first kappa shape index (κ1) is 91.1. The minimum absolute atomic E-state index is 0.107. The number of phosphoric ester groups is 2. The summed E-state index contributed by atoms with van der Waals surface area (Å²) in [5, 5.41) is 10.6. The van der Waals surface area contributed by atoms with Crippen molar-refractivity contribution in [3.63, 3.8) is 0 Å². The second-order valence-corrected chi connectivity index (χ2v) is 30.5. The lowest BCUT2D eigenvalue weighted by atomic mass is 10.0. The first-order chi connectivity index (χ1) is 44.9. The number of carbonyl (C=O) groups is 4. The third-order valence-electron chi connectivity index (χ3n) is 17.2. The van der Waals surface area contributed by atoms with E-state index in [1.165, 1.54) is 186 Å². The number of esters is 4. The Labute approximate surface area is 568 Å². The van der Waals surface area contributed by atoms with Crippen LogP contribution in [0.4, 0.5) is 0 Å². The summed E-state index contributed by atoms with van der Waals surface area (Å²) in [5.74, 6) is -0.548. The molecule has 17 nitrogen and oxygen atoms in total. The summed E-state index contributed by atoms with van der Waals surface area (Å²) in [4.78, 5) is 72.6. The van der Waals surface area contributed by atoms with Gasteiger partial charge in [-0.15, -0.1) is 0 Å². The largest absolute Gasteiger partial charge is 0.472 e. The van der Waals surface area contributed by atoms with Crippen molar-refractivity contribution in [1.29, 1.82) is 0 Å². The lowest BCUT2D eigenvalue weighted by Crippen LogP contribution is -2.30. The number of aliphatic hydroxyl groups is 1. The van der Waals surface area contributed by atoms with Gasteiger partial charge in [0, 0.05) is 25.7 Å². The van der Waals surface area contributed by atoms with Gasteiger partial charge in [0.05, 0.1) is 26.4 Å². The quantitative estimate of drug-likeness (QED) is 0.0222. The smallest absolute Gasteiger partial charge is 0.462 e. The summed E-state index contributed by atoms with van der Waals surface area (Å²) in [6, 6.07) is 0. The van der Waals surface area contributed by atoms with E-state index in [2.05, 4.69) is 41.5 Å². The van der Waals surface area contributed by atoms with Crippen LogP contribution in [0.1, 0.15) is 382 Å². The van der Waals surface area contributed by atoms with Crippen LogP contribution in [-0.4, -0.2) is 96.7 Å². The number of rotatable bonds is 73. The first-order valence-electron chi connectivity index (χ1n) is 38.5. The van der Waals surface area contributed by atoms with Gasteiger partial charge in [0.25, 0.3) is 0 Å². The van der Waals surface area contributed by atoms with Crippen LogP contribution in [0.15, 0.2) is 0 Å². The van der Waals surface area contributed by atoms with E-state index < -0.39 is 97.5 Å². The highest BCUT2D eigenvalue weighted by Gasteiger charge is 2.30. The van der Waals surface area contributed by atoms with Gasteiger partial charge in [-0.05, 0) is 37.5 Å². The molecule has 0 bridgehead atoms. The zero-order chi connectivity index (χ0) is 68.6. The van der Waals surface area contributed by atoms with Crippen molar-refractivity contribution >= 4 is 39.5 Å². The second-order valence-electron chi connectivity index (χ2n) is 27.6. The van der Waals surface area contributed by atoms with E-state index >= 15 is 0 Å². The van der Waals surface area contributed by atoms with E-state index in [-0.39, 0.29) is 25.7 Å². The van der Waals surface area contributed by atoms with E-state index in [1.54, 1.807) is 0 Å². The van der Waals surface area contributed by atoms with Gasteiger partial charge in [-0.2, -0.15) is 0 Å². The maximum absolute atomic E-state index is 13.1. The molecule has 0 aromatic heterocycles. The van der Waals surface area contributed by atoms with Crippen LogP contribution >= 0.6 is 15.6 Å². The van der Waals surface area contributed by atoms with Gasteiger partial charge in [0.2, 0.25) is 0 Å². The molecule has 0 heterocycles. The Hall–Kier alpha value is -1.94. The third-order valence-corrected chi connectivity index (χ3v) is 19.1. The Kier molecular flexibility index (Phi) is 64.6. The highest BCUT2D eigenvalue weighted by Crippen LogP contribution is 2.45. The summed E-state index contributed by atoms with van der Waals surface area (Å²) in [7, 11) is -9.90. The molecule has 0 fully saturated rings. The van der Waals surface area contributed by atoms with Gasteiger partial charge in [-0.3, -0.25) is 37.3 Å². The number of ether oxygens (including phenoxy) is 4. The predicted octanol–water partition coefficient (Wildman–Crippen LogP) is 21.6.